The Morgan fingerprint density at radius 3 is 2.67 bits per heavy atom. The summed E-state index contributed by atoms with van der Waals surface area (Å²) in [6, 6.07) is 5.91. The Labute approximate surface area is 109 Å². The Morgan fingerprint density at radius 2 is 2.06 bits per heavy atom. The molecule has 0 amide bonds. The fraction of sp³-hybridized carbons (Fsp3) is 0.643. The van der Waals surface area contributed by atoms with Crippen LogP contribution < -0.4 is 4.90 Å². The summed E-state index contributed by atoms with van der Waals surface area (Å²) in [5.41, 5.74) is 1.24. The highest BCUT2D eigenvalue weighted by Gasteiger charge is 2.36. The number of hydrogen-bond acceptors (Lipinski definition) is 4. The number of hydrogen-bond donors (Lipinski definition) is 0. The summed E-state index contributed by atoms with van der Waals surface area (Å²) < 4.78 is 5.32. The quantitative estimate of drug-likeness (QED) is 0.789. The first-order chi connectivity index (χ1) is 8.75. The van der Waals surface area contributed by atoms with Crippen LogP contribution in [0.1, 0.15) is 13.8 Å². The molecule has 0 aromatic carbocycles. The van der Waals surface area contributed by atoms with Gasteiger partial charge in [-0.25, -0.2) is 0 Å². The van der Waals surface area contributed by atoms with Crippen LogP contribution in [0.15, 0.2) is 24.5 Å². The maximum atomic E-state index is 5.32. The maximum absolute atomic E-state index is 5.32. The SMILES string of the molecule is CC1CN(C2COC2)C(C)CN1c1cccnc1. The molecule has 98 valence electrons. The molecule has 2 saturated heterocycles. The molecule has 0 spiro atoms. The monoisotopic (exact) mass is 247 g/mol. The third-order valence-electron chi connectivity index (χ3n) is 4.10. The lowest BCUT2D eigenvalue weighted by molar-refractivity contribution is -0.0828. The molecule has 2 fully saturated rings. The van der Waals surface area contributed by atoms with E-state index in [9.17, 15) is 0 Å². The van der Waals surface area contributed by atoms with Gasteiger partial charge in [0.2, 0.25) is 0 Å². The van der Waals surface area contributed by atoms with Gasteiger partial charge in [0.15, 0.2) is 0 Å². The van der Waals surface area contributed by atoms with Crippen molar-refractivity contribution in [1.82, 2.24) is 9.88 Å². The smallest absolute Gasteiger partial charge is 0.0645 e. The largest absolute Gasteiger partial charge is 0.378 e. The fourth-order valence-corrected chi connectivity index (χ4v) is 2.96. The van der Waals surface area contributed by atoms with E-state index in [2.05, 4.69) is 34.7 Å². The van der Waals surface area contributed by atoms with Gasteiger partial charge in [-0.3, -0.25) is 9.88 Å². The van der Waals surface area contributed by atoms with Crippen LogP contribution >= 0.6 is 0 Å². The molecule has 3 rings (SSSR count). The minimum atomic E-state index is 0.533. The Morgan fingerprint density at radius 1 is 1.22 bits per heavy atom. The second kappa shape index (κ2) is 4.86. The summed E-state index contributed by atoms with van der Waals surface area (Å²) in [6.07, 6.45) is 3.80. The summed E-state index contributed by atoms with van der Waals surface area (Å²) in [4.78, 5) is 9.29. The van der Waals surface area contributed by atoms with Crippen LogP contribution in [0.5, 0.6) is 0 Å². The molecule has 2 aliphatic heterocycles. The van der Waals surface area contributed by atoms with Crippen molar-refractivity contribution in [2.75, 3.05) is 31.2 Å². The zero-order valence-electron chi connectivity index (χ0n) is 11.1. The zero-order chi connectivity index (χ0) is 12.5. The third kappa shape index (κ3) is 2.10. The molecular weight excluding hydrogens is 226 g/mol. The molecule has 0 N–H and O–H groups in total. The number of piperazine rings is 1. The predicted molar refractivity (Wildman–Crippen MR) is 71.8 cm³/mol. The van der Waals surface area contributed by atoms with Gasteiger partial charge in [0.1, 0.15) is 0 Å². The van der Waals surface area contributed by atoms with Gasteiger partial charge in [-0.05, 0) is 26.0 Å². The molecule has 4 nitrogen and oxygen atoms in total. The molecular formula is C14H21N3O. The van der Waals surface area contributed by atoms with Crippen molar-refractivity contribution in [3.8, 4) is 0 Å². The molecule has 0 saturated carbocycles. The van der Waals surface area contributed by atoms with Crippen LogP contribution in [0.4, 0.5) is 5.69 Å². The van der Waals surface area contributed by atoms with Gasteiger partial charge in [0, 0.05) is 31.4 Å². The Hall–Kier alpha value is -1.13. The van der Waals surface area contributed by atoms with E-state index in [1.54, 1.807) is 0 Å². The van der Waals surface area contributed by atoms with E-state index in [-0.39, 0.29) is 0 Å². The van der Waals surface area contributed by atoms with E-state index in [4.69, 9.17) is 4.74 Å². The second-order valence-corrected chi connectivity index (χ2v) is 5.45. The molecule has 4 heteroatoms. The number of nitrogens with zero attached hydrogens (tertiary/aromatic N) is 3. The molecule has 0 radical (unpaired) electrons. The molecule has 2 aliphatic rings. The molecule has 1 aromatic rings. The van der Waals surface area contributed by atoms with E-state index in [1.807, 2.05) is 18.5 Å². The first-order valence-electron chi connectivity index (χ1n) is 6.76. The number of rotatable bonds is 2. The summed E-state index contributed by atoms with van der Waals surface area (Å²) in [6.45, 7) is 8.61. The highest BCUT2D eigenvalue weighted by atomic mass is 16.5. The number of pyridine rings is 1. The lowest BCUT2D eigenvalue weighted by Gasteiger charge is -2.50. The Bertz CT molecular complexity index is 393. The van der Waals surface area contributed by atoms with Crippen LogP contribution in [0.3, 0.4) is 0 Å². The number of anilines is 1. The van der Waals surface area contributed by atoms with Gasteiger partial charge in [0.25, 0.3) is 0 Å². The van der Waals surface area contributed by atoms with E-state index in [0.717, 1.165) is 26.3 Å². The lowest BCUT2D eigenvalue weighted by atomic mass is 10.0. The van der Waals surface area contributed by atoms with Gasteiger partial charge in [-0.1, -0.05) is 0 Å². The highest BCUT2D eigenvalue weighted by Crippen LogP contribution is 2.25. The van der Waals surface area contributed by atoms with Crippen molar-refractivity contribution >= 4 is 5.69 Å². The lowest BCUT2D eigenvalue weighted by Crippen LogP contribution is -2.63. The van der Waals surface area contributed by atoms with Gasteiger partial charge in [-0.15, -0.1) is 0 Å². The van der Waals surface area contributed by atoms with E-state index in [1.165, 1.54) is 5.69 Å². The summed E-state index contributed by atoms with van der Waals surface area (Å²) in [5.74, 6) is 0. The first kappa shape index (κ1) is 11.9. The van der Waals surface area contributed by atoms with Crippen LogP contribution in [-0.4, -0.2) is 54.3 Å². The molecule has 0 bridgehead atoms. The van der Waals surface area contributed by atoms with Crippen LogP contribution in [0.25, 0.3) is 0 Å². The van der Waals surface area contributed by atoms with Crippen molar-refractivity contribution in [3.05, 3.63) is 24.5 Å². The van der Waals surface area contributed by atoms with Crippen molar-refractivity contribution in [3.63, 3.8) is 0 Å². The van der Waals surface area contributed by atoms with E-state index in [0.29, 0.717) is 18.1 Å². The standard InChI is InChI=1S/C14H21N3O/c1-11-8-17(14-9-18-10-14)12(2)7-16(11)13-4-3-5-15-6-13/h3-6,11-12,14H,7-10H2,1-2H3. The summed E-state index contributed by atoms with van der Waals surface area (Å²) in [5, 5.41) is 0. The first-order valence-corrected chi connectivity index (χ1v) is 6.76. The molecule has 2 unspecified atom stereocenters. The summed E-state index contributed by atoms with van der Waals surface area (Å²) >= 11 is 0. The molecule has 18 heavy (non-hydrogen) atoms. The van der Waals surface area contributed by atoms with Crippen molar-refractivity contribution in [2.45, 2.75) is 32.0 Å². The van der Waals surface area contributed by atoms with Gasteiger partial charge in [0.05, 0.1) is 31.1 Å². The third-order valence-corrected chi connectivity index (χ3v) is 4.10. The minimum absolute atomic E-state index is 0.533. The van der Waals surface area contributed by atoms with Crippen molar-refractivity contribution in [2.24, 2.45) is 0 Å². The Balaban J connectivity index is 1.72. The maximum Gasteiger partial charge on any atom is 0.0645 e. The van der Waals surface area contributed by atoms with Gasteiger partial charge < -0.3 is 9.64 Å². The predicted octanol–water partition coefficient (Wildman–Crippen LogP) is 1.38. The van der Waals surface area contributed by atoms with E-state index >= 15 is 0 Å². The van der Waals surface area contributed by atoms with Gasteiger partial charge >= 0.3 is 0 Å². The molecule has 0 aliphatic carbocycles. The summed E-state index contributed by atoms with van der Waals surface area (Å²) in [7, 11) is 0. The fourth-order valence-electron chi connectivity index (χ4n) is 2.96. The average Bonchev–Trinajstić information content (AvgIpc) is 2.32. The number of aromatic nitrogens is 1. The number of ether oxygens (including phenoxy) is 1. The van der Waals surface area contributed by atoms with Crippen LogP contribution in [-0.2, 0) is 4.74 Å². The topological polar surface area (TPSA) is 28.6 Å². The minimum Gasteiger partial charge on any atom is -0.378 e. The van der Waals surface area contributed by atoms with E-state index < -0.39 is 0 Å². The molecule has 1 aromatic heterocycles. The van der Waals surface area contributed by atoms with Crippen LogP contribution in [0, 0.1) is 0 Å². The normalized spacial score (nSPS) is 30.2. The highest BCUT2D eigenvalue weighted by molar-refractivity contribution is 5.45. The molecule has 2 atom stereocenters. The zero-order valence-corrected chi connectivity index (χ0v) is 11.1. The van der Waals surface area contributed by atoms with Crippen molar-refractivity contribution < 1.29 is 4.74 Å². The van der Waals surface area contributed by atoms with Crippen LogP contribution in [0.2, 0.25) is 0 Å². The second-order valence-electron chi connectivity index (χ2n) is 5.45. The average molecular weight is 247 g/mol. The Kier molecular flexibility index (Phi) is 3.22. The molecule has 3 heterocycles. The van der Waals surface area contributed by atoms with Gasteiger partial charge in [-0.2, -0.15) is 0 Å². The van der Waals surface area contributed by atoms with Crippen molar-refractivity contribution in [1.29, 1.82) is 0 Å².